The number of hydrogen-bond acceptors (Lipinski definition) is 3. The summed E-state index contributed by atoms with van der Waals surface area (Å²) < 4.78 is 4.20. The summed E-state index contributed by atoms with van der Waals surface area (Å²) >= 11 is 17.6. The average Bonchev–Trinajstić information content (AvgIpc) is 3.16. The number of nitrogens with one attached hydrogen (secondary N) is 1. The first-order chi connectivity index (χ1) is 13.0. The zero-order valence-electron chi connectivity index (χ0n) is 14.4. The van der Waals surface area contributed by atoms with Gasteiger partial charge >= 0.3 is 0 Å². The minimum absolute atomic E-state index is 0.459. The first-order valence-electron chi connectivity index (χ1n) is 8.23. The molecule has 0 saturated carbocycles. The predicted octanol–water partition coefficient (Wildman–Crippen LogP) is 5.44. The van der Waals surface area contributed by atoms with Crippen molar-refractivity contribution in [3.8, 4) is 0 Å². The molecule has 2 aromatic heterocycles. The molecule has 0 unspecified atom stereocenters. The number of aromatic amines is 1. The molecule has 5 nitrogen and oxygen atoms in total. The van der Waals surface area contributed by atoms with Gasteiger partial charge in [-0.3, -0.25) is 5.10 Å². The van der Waals surface area contributed by atoms with Crippen molar-refractivity contribution in [1.82, 2.24) is 19.4 Å². The van der Waals surface area contributed by atoms with E-state index in [1.165, 1.54) is 0 Å². The van der Waals surface area contributed by atoms with Crippen LogP contribution in [0.15, 0.2) is 53.8 Å². The van der Waals surface area contributed by atoms with E-state index >= 15 is 0 Å². The minimum atomic E-state index is 0.459. The van der Waals surface area contributed by atoms with Gasteiger partial charge in [-0.05, 0) is 42.9 Å². The van der Waals surface area contributed by atoms with Crippen LogP contribution in [0, 0.1) is 11.7 Å². The first kappa shape index (κ1) is 18.0. The lowest BCUT2D eigenvalue weighted by molar-refractivity contribution is 0.819. The third kappa shape index (κ3) is 3.56. The minimum Gasteiger partial charge on any atom is -0.342 e. The molecule has 1 N–H and O–H groups in total. The van der Waals surface area contributed by atoms with E-state index in [2.05, 4.69) is 38.2 Å². The number of benzene rings is 2. The molecule has 136 valence electrons. The molecule has 0 atom stereocenters. The standard InChI is InChI=1S/C19H15Cl2N5S/c1-12-23-24-19(27)26(12)22-9-14-11-25(18-5-3-2-4-16(14)18)10-13-6-7-15(20)8-17(13)21/h2-9,11H,10H2,1H3,(H,24,27). The number of H-pyrrole nitrogens is 1. The van der Waals surface area contributed by atoms with Gasteiger partial charge in [0.25, 0.3) is 0 Å². The van der Waals surface area contributed by atoms with Crippen LogP contribution in [0.1, 0.15) is 17.0 Å². The van der Waals surface area contributed by atoms with Gasteiger partial charge in [-0.15, -0.1) is 0 Å². The lowest BCUT2D eigenvalue weighted by Crippen LogP contribution is -1.98. The molecule has 4 aromatic rings. The van der Waals surface area contributed by atoms with E-state index < -0.39 is 0 Å². The molecular weight excluding hydrogens is 401 g/mol. The fourth-order valence-electron chi connectivity index (χ4n) is 2.97. The smallest absolute Gasteiger partial charge is 0.216 e. The maximum atomic E-state index is 6.35. The third-order valence-electron chi connectivity index (χ3n) is 4.30. The van der Waals surface area contributed by atoms with E-state index in [9.17, 15) is 0 Å². The summed E-state index contributed by atoms with van der Waals surface area (Å²) in [4.78, 5) is 0. The van der Waals surface area contributed by atoms with Crippen molar-refractivity contribution >= 4 is 52.5 Å². The summed E-state index contributed by atoms with van der Waals surface area (Å²) in [5, 5.41) is 13.6. The van der Waals surface area contributed by atoms with Gasteiger partial charge in [-0.1, -0.05) is 47.5 Å². The van der Waals surface area contributed by atoms with Crippen molar-refractivity contribution in [2.75, 3.05) is 0 Å². The lowest BCUT2D eigenvalue weighted by Gasteiger charge is -2.08. The topological polar surface area (TPSA) is 50.9 Å². The van der Waals surface area contributed by atoms with Gasteiger partial charge in [0.05, 0.1) is 6.21 Å². The average molecular weight is 416 g/mol. The summed E-state index contributed by atoms with van der Waals surface area (Å²) in [6, 6.07) is 13.7. The van der Waals surface area contributed by atoms with Crippen LogP contribution < -0.4 is 0 Å². The van der Waals surface area contributed by atoms with E-state index in [4.69, 9.17) is 35.4 Å². The van der Waals surface area contributed by atoms with Crippen LogP contribution in [0.3, 0.4) is 0 Å². The van der Waals surface area contributed by atoms with Crippen LogP contribution in [-0.2, 0) is 6.54 Å². The van der Waals surface area contributed by atoms with Gasteiger partial charge in [0.15, 0.2) is 0 Å². The second-order valence-electron chi connectivity index (χ2n) is 6.10. The number of nitrogens with zero attached hydrogens (tertiary/aromatic N) is 4. The molecule has 0 radical (unpaired) electrons. The molecule has 2 aromatic carbocycles. The zero-order chi connectivity index (χ0) is 19.0. The molecule has 0 spiro atoms. The summed E-state index contributed by atoms with van der Waals surface area (Å²) in [5.74, 6) is 0.702. The Kier molecular flexibility index (Phi) is 4.86. The number of halogens is 2. The molecule has 0 saturated heterocycles. The van der Waals surface area contributed by atoms with Gasteiger partial charge in [0, 0.05) is 39.3 Å². The van der Waals surface area contributed by atoms with Crippen molar-refractivity contribution in [2.45, 2.75) is 13.5 Å². The van der Waals surface area contributed by atoms with Crippen LogP contribution >= 0.6 is 35.4 Å². The molecule has 0 aliphatic rings. The number of hydrogen-bond donors (Lipinski definition) is 1. The van der Waals surface area contributed by atoms with Crippen molar-refractivity contribution in [2.24, 2.45) is 5.10 Å². The summed E-state index contributed by atoms with van der Waals surface area (Å²) in [7, 11) is 0. The van der Waals surface area contributed by atoms with E-state index in [0.29, 0.717) is 27.2 Å². The highest BCUT2D eigenvalue weighted by atomic mass is 35.5. The molecule has 27 heavy (non-hydrogen) atoms. The second kappa shape index (κ2) is 7.31. The number of fused-ring (bicyclic) bond motifs is 1. The highest BCUT2D eigenvalue weighted by Gasteiger charge is 2.09. The fraction of sp³-hybridized carbons (Fsp3) is 0.105. The van der Waals surface area contributed by atoms with Gasteiger partial charge in [-0.25, -0.2) is 0 Å². The predicted molar refractivity (Wildman–Crippen MR) is 113 cm³/mol. The van der Waals surface area contributed by atoms with Crippen molar-refractivity contribution in [3.05, 3.63) is 80.4 Å². The van der Waals surface area contributed by atoms with Crippen molar-refractivity contribution < 1.29 is 0 Å². The molecule has 2 heterocycles. The van der Waals surface area contributed by atoms with Gasteiger partial charge in [0.1, 0.15) is 5.82 Å². The van der Waals surface area contributed by atoms with Gasteiger partial charge < -0.3 is 4.57 Å². The molecular formula is C19H15Cl2N5S. The van der Waals surface area contributed by atoms with E-state index in [-0.39, 0.29) is 0 Å². The highest BCUT2D eigenvalue weighted by molar-refractivity contribution is 7.71. The second-order valence-corrected chi connectivity index (χ2v) is 7.33. The Bertz CT molecular complexity index is 1220. The van der Waals surface area contributed by atoms with E-state index in [0.717, 1.165) is 22.0 Å². The Morgan fingerprint density at radius 3 is 2.78 bits per heavy atom. The van der Waals surface area contributed by atoms with Crippen LogP contribution in [0.25, 0.3) is 10.9 Å². The Hall–Kier alpha value is -2.41. The molecule has 0 bridgehead atoms. The molecule has 8 heteroatoms. The van der Waals surface area contributed by atoms with Gasteiger partial charge in [0.2, 0.25) is 4.77 Å². The Morgan fingerprint density at radius 1 is 1.22 bits per heavy atom. The van der Waals surface area contributed by atoms with Crippen LogP contribution in [0.5, 0.6) is 0 Å². The number of aryl methyl sites for hydroxylation is 1. The normalized spacial score (nSPS) is 11.7. The Balaban J connectivity index is 1.76. The summed E-state index contributed by atoms with van der Waals surface area (Å²) in [6.45, 7) is 2.48. The summed E-state index contributed by atoms with van der Waals surface area (Å²) in [5.41, 5.74) is 3.08. The SMILES string of the molecule is Cc1n[nH]c(=S)n1N=Cc1cn(Cc2ccc(Cl)cc2Cl)c2ccccc12. The van der Waals surface area contributed by atoms with Crippen LogP contribution in [0.2, 0.25) is 10.0 Å². The summed E-state index contributed by atoms with van der Waals surface area (Å²) in [6.07, 6.45) is 3.85. The lowest BCUT2D eigenvalue weighted by atomic mass is 10.2. The zero-order valence-corrected chi connectivity index (χ0v) is 16.7. The highest BCUT2D eigenvalue weighted by Crippen LogP contribution is 2.25. The molecule has 0 aliphatic carbocycles. The molecule has 0 amide bonds. The van der Waals surface area contributed by atoms with Crippen molar-refractivity contribution in [1.29, 1.82) is 0 Å². The largest absolute Gasteiger partial charge is 0.342 e. The maximum absolute atomic E-state index is 6.35. The van der Waals surface area contributed by atoms with E-state index in [1.807, 2.05) is 31.2 Å². The molecule has 0 fully saturated rings. The Labute approximate surface area is 170 Å². The fourth-order valence-corrected chi connectivity index (χ4v) is 3.66. The van der Waals surface area contributed by atoms with Crippen molar-refractivity contribution in [3.63, 3.8) is 0 Å². The van der Waals surface area contributed by atoms with Gasteiger partial charge in [-0.2, -0.15) is 14.9 Å². The van der Waals surface area contributed by atoms with E-state index in [1.54, 1.807) is 17.0 Å². The number of rotatable bonds is 4. The molecule has 0 aliphatic heterocycles. The monoisotopic (exact) mass is 415 g/mol. The molecule has 4 rings (SSSR count). The maximum Gasteiger partial charge on any atom is 0.216 e. The van der Waals surface area contributed by atoms with Crippen LogP contribution in [0.4, 0.5) is 0 Å². The third-order valence-corrected chi connectivity index (χ3v) is 5.15. The first-order valence-corrected chi connectivity index (χ1v) is 9.39. The number of para-hydroxylation sites is 1. The Morgan fingerprint density at radius 2 is 2.04 bits per heavy atom. The number of aromatic nitrogens is 4. The van der Waals surface area contributed by atoms with Crippen LogP contribution in [-0.4, -0.2) is 25.7 Å². The quantitative estimate of drug-likeness (QED) is 0.356.